The molecule has 0 saturated heterocycles. The van der Waals surface area contributed by atoms with Crippen molar-refractivity contribution in [1.29, 1.82) is 0 Å². The molecule has 1 aromatic rings. The van der Waals surface area contributed by atoms with Crippen LogP contribution in [0.2, 0.25) is 0 Å². The number of aliphatic carboxylic acids is 1. The number of rotatable bonds is 7. The van der Waals surface area contributed by atoms with Gasteiger partial charge in [0.2, 0.25) is 5.91 Å². The van der Waals surface area contributed by atoms with Crippen LogP contribution in [0.15, 0.2) is 24.3 Å². The van der Waals surface area contributed by atoms with Gasteiger partial charge in [0, 0.05) is 12.5 Å². The van der Waals surface area contributed by atoms with Gasteiger partial charge in [0.1, 0.15) is 11.8 Å². The van der Waals surface area contributed by atoms with E-state index < -0.39 is 12.0 Å². The lowest BCUT2D eigenvalue weighted by Gasteiger charge is -2.23. The molecule has 1 aliphatic rings. The molecule has 1 aliphatic carbocycles. The fourth-order valence-electron chi connectivity index (χ4n) is 2.86. The van der Waals surface area contributed by atoms with Gasteiger partial charge in [0.25, 0.3) is 0 Å². The van der Waals surface area contributed by atoms with Gasteiger partial charge in [0.05, 0.1) is 6.54 Å². The molecule has 1 atom stereocenters. The lowest BCUT2D eigenvalue weighted by Crippen LogP contribution is -2.47. The predicted molar refractivity (Wildman–Crippen MR) is 86.3 cm³/mol. The van der Waals surface area contributed by atoms with Crippen LogP contribution in [-0.4, -0.2) is 40.7 Å². The highest BCUT2D eigenvalue weighted by atomic mass is 16.4. The van der Waals surface area contributed by atoms with E-state index in [-0.39, 0.29) is 24.6 Å². The summed E-state index contributed by atoms with van der Waals surface area (Å²) in [5.41, 5.74) is 0.746. The van der Waals surface area contributed by atoms with E-state index in [2.05, 4.69) is 10.6 Å². The minimum atomic E-state index is -1.07. The van der Waals surface area contributed by atoms with Crippen molar-refractivity contribution >= 4 is 11.9 Å². The Kier molecular flexibility index (Phi) is 6.40. The van der Waals surface area contributed by atoms with Crippen molar-refractivity contribution < 1.29 is 19.8 Å². The summed E-state index contributed by atoms with van der Waals surface area (Å²) in [6.07, 6.45) is 5.94. The Hall–Kier alpha value is -2.08. The molecular formula is C17H24N2O4. The lowest BCUT2D eigenvalue weighted by molar-refractivity contribution is -0.141. The molecule has 0 aromatic heterocycles. The SMILES string of the molecule is O=C(CNC1CCCCC1)N[C@@H](Cc1ccc(O)cc1)C(=O)O. The summed E-state index contributed by atoms with van der Waals surface area (Å²) < 4.78 is 0. The molecule has 6 heteroatoms. The number of hydrogen-bond acceptors (Lipinski definition) is 4. The van der Waals surface area contributed by atoms with Crippen molar-refractivity contribution in [2.45, 2.75) is 50.6 Å². The molecule has 1 saturated carbocycles. The van der Waals surface area contributed by atoms with Gasteiger partial charge in [-0.15, -0.1) is 0 Å². The molecule has 0 aliphatic heterocycles. The molecule has 0 radical (unpaired) electrons. The molecule has 1 aromatic carbocycles. The number of aromatic hydroxyl groups is 1. The number of carbonyl (C=O) groups is 2. The summed E-state index contributed by atoms with van der Waals surface area (Å²) in [6, 6.07) is 5.69. The lowest BCUT2D eigenvalue weighted by atomic mass is 9.95. The summed E-state index contributed by atoms with van der Waals surface area (Å²) in [5.74, 6) is -1.24. The molecular weight excluding hydrogens is 296 g/mol. The van der Waals surface area contributed by atoms with E-state index in [9.17, 15) is 19.8 Å². The number of carboxylic acids is 1. The van der Waals surface area contributed by atoms with Crippen molar-refractivity contribution in [1.82, 2.24) is 10.6 Å². The van der Waals surface area contributed by atoms with Crippen LogP contribution in [-0.2, 0) is 16.0 Å². The average molecular weight is 320 g/mol. The zero-order valence-corrected chi connectivity index (χ0v) is 13.1. The molecule has 126 valence electrons. The number of hydrogen-bond donors (Lipinski definition) is 4. The van der Waals surface area contributed by atoms with Crippen LogP contribution in [0.5, 0.6) is 5.75 Å². The van der Waals surface area contributed by atoms with Gasteiger partial charge in [-0.1, -0.05) is 31.4 Å². The highest BCUT2D eigenvalue weighted by molar-refractivity contribution is 5.84. The standard InChI is InChI=1S/C17H24N2O4/c20-14-8-6-12(7-9-14)10-15(17(22)23)19-16(21)11-18-13-4-2-1-3-5-13/h6-9,13,15,18,20H,1-5,10-11H2,(H,19,21)(H,22,23)/t15-/m0/s1. The Morgan fingerprint density at radius 2 is 1.78 bits per heavy atom. The maximum atomic E-state index is 12.0. The van der Waals surface area contributed by atoms with Crippen LogP contribution < -0.4 is 10.6 Å². The van der Waals surface area contributed by atoms with Crippen molar-refractivity contribution in [2.24, 2.45) is 0 Å². The minimum Gasteiger partial charge on any atom is -0.508 e. The zero-order valence-electron chi connectivity index (χ0n) is 13.1. The van der Waals surface area contributed by atoms with E-state index >= 15 is 0 Å². The molecule has 0 heterocycles. The summed E-state index contributed by atoms with van der Waals surface area (Å²) in [6.45, 7) is 0.143. The predicted octanol–water partition coefficient (Wildman–Crippen LogP) is 1.43. The van der Waals surface area contributed by atoms with Gasteiger partial charge < -0.3 is 20.8 Å². The van der Waals surface area contributed by atoms with E-state index in [4.69, 9.17) is 0 Å². The first-order chi connectivity index (χ1) is 11.0. The molecule has 4 N–H and O–H groups in total. The first-order valence-electron chi connectivity index (χ1n) is 8.08. The summed E-state index contributed by atoms with van der Waals surface area (Å²) in [5, 5.41) is 24.3. The molecule has 0 spiro atoms. The third kappa shape index (κ3) is 5.90. The quantitative estimate of drug-likeness (QED) is 0.609. The molecule has 6 nitrogen and oxygen atoms in total. The Balaban J connectivity index is 1.81. The third-order valence-electron chi connectivity index (χ3n) is 4.17. The minimum absolute atomic E-state index is 0.126. The highest BCUT2D eigenvalue weighted by Crippen LogP contribution is 2.17. The normalized spacial score (nSPS) is 16.7. The molecule has 0 bridgehead atoms. The van der Waals surface area contributed by atoms with Crippen molar-refractivity contribution in [3.8, 4) is 5.75 Å². The Bertz CT molecular complexity index is 524. The zero-order chi connectivity index (χ0) is 16.7. The van der Waals surface area contributed by atoms with Crippen LogP contribution in [0.25, 0.3) is 0 Å². The van der Waals surface area contributed by atoms with E-state index in [0.717, 1.165) is 18.4 Å². The van der Waals surface area contributed by atoms with Gasteiger partial charge >= 0.3 is 5.97 Å². The van der Waals surface area contributed by atoms with Gasteiger partial charge in [0.15, 0.2) is 0 Å². The van der Waals surface area contributed by atoms with Gasteiger partial charge in [-0.25, -0.2) is 4.79 Å². The average Bonchev–Trinajstić information content (AvgIpc) is 2.55. The largest absolute Gasteiger partial charge is 0.508 e. The topological polar surface area (TPSA) is 98.7 Å². The van der Waals surface area contributed by atoms with Crippen LogP contribution in [0.3, 0.4) is 0 Å². The van der Waals surface area contributed by atoms with E-state index in [0.29, 0.717) is 6.04 Å². The Labute approximate surface area is 135 Å². The number of nitrogens with one attached hydrogen (secondary N) is 2. The number of carbonyl (C=O) groups excluding carboxylic acids is 1. The maximum absolute atomic E-state index is 12.0. The molecule has 2 rings (SSSR count). The fourth-order valence-corrected chi connectivity index (χ4v) is 2.86. The number of amides is 1. The van der Waals surface area contributed by atoms with E-state index in [1.54, 1.807) is 12.1 Å². The molecule has 1 fully saturated rings. The number of phenolic OH excluding ortho intramolecular Hbond substituents is 1. The monoisotopic (exact) mass is 320 g/mol. The third-order valence-corrected chi connectivity index (χ3v) is 4.17. The molecule has 23 heavy (non-hydrogen) atoms. The van der Waals surface area contributed by atoms with Crippen LogP contribution in [0.4, 0.5) is 0 Å². The van der Waals surface area contributed by atoms with Gasteiger partial charge in [-0.3, -0.25) is 4.79 Å². The van der Waals surface area contributed by atoms with Crippen LogP contribution in [0.1, 0.15) is 37.7 Å². The van der Waals surface area contributed by atoms with Crippen LogP contribution >= 0.6 is 0 Å². The van der Waals surface area contributed by atoms with Crippen molar-refractivity contribution in [3.05, 3.63) is 29.8 Å². The van der Waals surface area contributed by atoms with Crippen molar-refractivity contribution in [3.63, 3.8) is 0 Å². The Morgan fingerprint density at radius 1 is 1.13 bits per heavy atom. The Morgan fingerprint density at radius 3 is 2.39 bits per heavy atom. The summed E-state index contributed by atoms with van der Waals surface area (Å²) in [4.78, 5) is 23.3. The number of phenols is 1. The summed E-state index contributed by atoms with van der Waals surface area (Å²) >= 11 is 0. The second-order valence-electron chi connectivity index (χ2n) is 6.04. The maximum Gasteiger partial charge on any atom is 0.326 e. The second kappa shape index (κ2) is 8.53. The van der Waals surface area contributed by atoms with E-state index in [1.165, 1.54) is 31.4 Å². The summed E-state index contributed by atoms with van der Waals surface area (Å²) in [7, 11) is 0. The number of benzene rings is 1. The van der Waals surface area contributed by atoms with Gasteiger partial charge in [-0.05, 0) is 30.5 Å². The fraction of sp³-hybridized carbons (Fsp3) is 0.529. The molecule has 1 amide bonds. The number of carboxylic acid groups (broad SMARTS) is 1. The molecule has 0 unspecified atom stereocenters. The first-order valence-corrected chi connectivity index (χ1v) is 8.08. The highest BCUT2D eigenvalue weighted by Gasteiger charge is 2.21. The second-order valence-corrected chi connectivity index (χ2v) is 6.04. The van der Waals surface area contributed by atoms with E-state index in [1.807, 2.05) is 0 Å². The van der Waals surface area contributed by atoms with Crippen LogP contribution in [0, 0.1) is 0 Å². The first kappa shape index (κ1) is 17.3. The van der Waals surface area contributed by atoms with Gasteiger partial charge in [-0.2, -0.15) is 0 Å². The smallest absolute Gasteiger partial charge is 0.326 e. The van der Waals surface area contributed by atoms with Crippen molar-refractivity contribution in [2.75, 3.05) is 6.54 Å².